The van der Waals surface area contributed by atoms with Crippen LogP contribution < -0.4 is 10.5 Å². The lowest BCUT2D eigenvalue weighted by Gasteiger charge is -2.18. The van der Waals surface area contributed by atoms with E-state index in [0.29, 0.717) is 0 Å². The van der Waals surface area contributed by atoms with E-state index in [0.717, 1.165) is 13.2 Å². The van der Waals surface area contributed by atoms with E-state index < -0.39 is 40.4 Å². The standard InChI is InChI=1S/C11H11ClN2O7/c1-20-4-2-3(5(12)7(16)6(4)15)8(11(18)19)21-10(14)9(13)17/h2,8,14-16H,1H3,(H2,13,17)(H,18,19). The van der Waals surface area contributed by atoms with E-state index in [2.05, 4.69) is 4.74 Å². The van der Waals surface area contributed by atoms with Crippen LogP contribution in [0.5, 0.6) is 17.2 Å². The SMILES string of the molecule is COc1cc(C(OC(=N)C(N)=O)C(=O)O)c(Cl)c(O)c1O. The number of phenolic OH excluding ortho intramolecular Hbond substituents is 2. The number of nitrogens with one attached hydrogen (secondary N) is 1. The summed E-state index contributed by atoms with van der Waals surface area (Å²) in [6, 6.07) is 0.991. The van der Waals surface area contributed by atoms with E-state index in [1.165, 1.54) is 0 Å². The van der Waals surface area contributed by atoms with Crippen molar-refractivity contribution in [2.45, 2.75) is 6.10 Å². The number of methoxy groups -OCH3 is 1. The average Bonchev–Trinajstić information content (AvgIpc) is 2.42. The molecule has 1 aromatic carbocycles. The van der Waals surface area contributed by atoms with Crippen molar-refractivity contribution in [3.63, 3.8) is 0 Å². The molecule has 6 N–H and O–H groups in total. The van der Waals surface area contributed by atoms with Gasteiger partial charge in [0, 0.05) is 5.56 Å². The minimum atomic E-state index is -1.90. The van der Waals surface area contributed by atoms with E-state index in [9.17, 15) is 19.8 Å². The zero-order valence-corrected chi connectivity index (χ0v) is 11.3. The maximum atomic E-state index is 11.2. The summed E-state index contributed by atoms with van der Waals surface area (Å²) >= 11 is 5.73. The quantitative estimate of drug-likeness (QED) is 0.304. The van der Waals surface area contributed by atoms with Crippen molar-refractivity contribution in [2.24, 2.45) is 5.73 Å². The van der Waals surface area contributed by atoms with Gasteiger partial charge in [-0.1, -0.05) is 11.6 Å². The molecule has 114 valence electrons. The fraction of sp³-hybridized carbons (Fsp3) is 0.182. The molecule has 0 aromatic heterocycles. The Morgan fingerprint density at radius 2 is 1.95 bits per heavy atom. The summed E-state index contributed by atoms with van der Waals surface area (Å²) in [7, 11) is 1.16. The highest BCUT2D eigenvalue weighted by molar-refractivity contribution is 6.34. The first kappa shape index (κ1) is 16.4. The number of ether oxygens (including phenoxy) is 2. The molecule has 0 saturated heterocycles. The normalized spacial score (nSPS) is 11.5. The Labute approximate surface area is 123 Å². The minimum Gasteiger partial charge on any atom is -0.503 e. The van der Waals surface area contributed by atoms with Crippen molar-refractivity contribution in [3.8, 4) is 17.2 Å². The second-order valence-electron chi connectivity index (χ2n) is 3.71. The van der Waals surface area contributed by atoms with E-state index in [4.69, 9.17) is 32.6 Å². The van der Waals surface area contributed by atoms with Gasteiger partial charge < -0.3 is 30.5 Å². The first-order valence-corrected chi connectivity index (χ1v) is 5.64. The third-order valence-electron chi connectivity index (χ3n) is 2.39. The predicted molar refractivity (Wildman–Crippen MR) is 69.7 cm³/mol. The van der Waals surface area contributed by atoms with Crippen LogP contribution in [0.1, 0.15) is 11.7 Å². The number of phenols is 2. The summed E-state index contributed by atoms with van der Waals surface area (Å²) in [5.41, 5.74) is 4.45. The number of rotatable bonds is 4. The van der Waals surface area contributed by atoms with E-state index >= 15 is 0 Å². The Kier molecular flexibility index (Phi) is 4.82. The van der Waals surface area contributed by atoms with Crippen LogP contribution >= 0.6 is 11.6 Å². The van der Waals surface area contributed by atoms with Crippen LogP contribution in [-0.4, -0.2) is 40.2 Å². The second kappa shape index (κ2) is 6.18. The lowest BCUT2D eigenvalue weighted by atomic mass is 10.1. The van der Waals surface area contributed by atoms with Crippen molar-refractivity contribution in [1.29, 1.82) is 5.41 Å². The summed E-state index contributed by atoms with van der Waals surface area (Å²) in [4.78, 5) is 21.9. The van der Waals surface area contributed by atoms with Crippen molar-refractivity contribution in [2.75, 3.05) is 7.11 Å². The summed E-state index contributed by atoms with van der Waals surface area (Å²) in [5.74, 6) is -5.79. The molecule has 9 nitrogen and oxygen atoms in total. The smallest absolute Gasteiger partial charge is 0.349 e. The third kappa shape index (κ3) is 3.26. The molecule has 0 saturated carbocycles. The molecule has 0 bridgehead atoms. The van der Waals surface area contributed by atoms with Crippen LogP contribution in [-0.2, 0) is 14.3 Å². The van der Waals surface area contributed by atoms with Crippen molar-refractivity contribution >= 4 is 29.4 Å². The molecule has 0 heterocycles. The molecule has 1 atom stereocenters. The Bertz CT molecular complexity index is 617. The zero-order valence-electron chi connectivity index (χ0n) is 10.6. The highest BCUT2D eigenvalue weighted by Crippen LogP contribution is 2.45. The van der Waals surface area contributed by atoms with Gasteiger partial charge in [-0.25, -0.2) is 4.79 Å². The molecule has 21 heavy (non-hydrogen) atoms. The highest BCUT2D eigenvalue weighted by atomic mass is 35.5. The fourth-order valence-corrected chi connectivity index (χ4v) is 1.64. The van der Waals surface area contributed by atoms with Gasteiger partial charge in [0.05, 0.1) is 12.1 Å². The molecule has 1 rings (SSSR count). The van der Waals surface area contributed by atoms with Crippen molar-refractivity contribution < 1.29 is 34.4 Å². The number of carboxylic acids is 1. The van der Waals surface area contributed by atoms with E-state index in [-0.39, 0.29) is 11.3 Å². The molecule has 1 amide bonds. The third-order valence-corrected chi connectivity index (χ3v) is 2.79. The van der Waals surface area contributed by atoms with Crippen molar-refractivity contribution in [3.05, 3.63) is 16.7 Å². The Hall–Kier alpha value is -2.68. The summed E-state index contributed by atoms with van der Waals surface area (Å²) in [6.45, 7) is 0. The van der Waals surface area contributed by atoms with Crippen LogP contribution in [0.3, 0.4) is 0 Å². The number of hydrogen-bond donors (Lipinski definition) is 5. The molecular weight excluding hydrogens is 308 g/mol. The Balaban J connectivity index is 3.39. The van der Waals surface area contributed by atoms with Crippen molar-refractivity contribution in [1.82, 2.24) is 0 Å². The summed E-state index contributed by atoms with van der Waals surface area (Å²) < 4.78 is 9.35. The molecule has 0 aliphatic rings. The predicted octanol–water partition coefficient (Wildman–Crippen LogP) is 0.365. The van der Waals surface area contributed by atoms with Gasteiger partial charge in [0.25, 0.3) is 5.90 Å². The van der Waals surface area contributed by atoms with Crippen LogP contribution in [0.4, 0.5) is 0 Å². The molecule has 0 radical (unpaired) electrons. The number of hydrogen-bond acceptors (Lipinski definition) is 7. The molecule has 0 aliphatic carbocycles. The van der Waals surface area contributed by atoms with E-state index in [1.807, 2.05) is 0 Å². The van der Waals surface area contributed by atoms with Crippen LogP contribution in [0.15, 0.2) is 6.07 Å². The molecule has 1 aromatic rings. The number of benzene rings is 1. The first-order valence-electron chi connectivity index (χ1n) is 5.26. The van der Waals surface area contributed by atoms with Gasteiger partial charge >= 0.3 is 11.9 Å². The molecule has 0 spiro atoms. The summed E-state index contributed by atoms with van der Waals surface area (Å²) in [6.07, 6.45) is -1.90. The minimum absolute atomic E-state index is 0.271. The number of halogens is 1. The van der Waals surface area contributed by atoms with E-state index in [1.54, 1.807) is 0 Å². The van der Waals surface area contributed by atoms with Gasteiger partial charge in [0.2, 0.25) is 11.9 Å². The fourth-order valence-electron chi connectivity index (χ4n) is 1.40. The van der Waals surface area contributed by atoms with Gasteiger partial charge in [-0.2, -0.15) is 0 Å². The van der Waals surface area contributed by atoms with Gasteiger partial charge in [0.15, 0.2) is 11.5 Å². The number of primary amides is 1. The van der Waals surface area contributed by atoms with Crippen LogP contribution in [0, 0.1) is 5.41 Å². The molecular formula is C11H11ClN2O7. The second-order valence-corrected chi connectivity index (χ2v) is 4.09. The maximum absolute atomic E-state index is 11.2. The zero-order chi connectivity index (χ0) is 16.3. The number of aromatic hydroxyl groups is 2. The van der Waals surface area contributed by atoms with Crippen LogP contribution in [0.25, 0.3) is 0 Å². The van der Waals surface area contributed by atoms with Gasteiger partial charge in [-0.3, -0.25) is 10.2 Å². The average molecular weight is 319 g/mol. The molecule has 0 fully saturated rings. The topological polar surface area (TPSA) is 163 Å². The number of carbonyl (C=O) groups excluding carboxylic acids is 1. The lowest BCUT2D eigenvalue weighted by Crippen LogP contribution is -2.29. The number of carbonyl (C=O) groups is 2. The summed E-state index contributed by atoms with van der Waals surface area (Å²) in [5, 5.41) is 34.8. The molecule has 10 heteroatoms. The van der Waals surface area contributed by atoms with Gasteiger partial charge in [0.1, 0.15) is 0 Å². The maximum Gasteiger partial charge on any atom is 0.349 e. The first-order chi connectivity index (χ1) is 9.70. The Morgan fingerprint density at radius 3 is 2.38 bits per heavy atom. The number of aliphatic carboxylic acids is 1. The van der Waals surface area contributed by atoms with Gasteiger partial charge in [-0.05, 0) is 6.07 Å². The molecule has 0 aliphatic heterocycles. The van der Waals surface area contributed by atoms with Gasteiger partial charge in [-0.15, -0.1) is 0 Å². The monoisotopic (exact) mass is 318 g/mol. The number of amides is 1. The number of carboxylic acid groups (broad SMARTS) is 1. The van der Waals surface area contributed by atoms with Crippen LogP contribution in [0.2, 0.25) is 5.02 Å². The lowest BCUT2D eigenvalue weighted by molar-refractivity contribution is -0.146. The highest BCUT2D eigenvalue weighted by Gasteiger charge is 2.30. The Morgan fingerprint density at radius 1 is 1.38 bits per heavy atom. The largest absolute Gasteiger partial charge is 0.503 e. The number of nitrogens with two attached hydrogens (primary N) is 1. The molecule has 1 unspecified atom stereocenters.